The van der Waals surface area contributed by atoms with Crippen molar-refractivity contribution in [3.05, 3.63) is 0 Å². The highest BCUT2D eigenvalue weighted by Gasteiger charge is 2.36. The third-order valence-electron chi connectivity index (χ3n) is 3.83. The van der Waals surface area contributed by atoms with E-state index in [2.05, 4.69) is 0 Å². The molecule has 0 aromatic carbocycles. The Morgan fingerprint density at radius 3 is 1.47 bits per heavy atom. The van der Waals surface area contributed by atoms with Gasteiger partial charge in [-0.25, -0.2) is 0 Å². The van der Waals surface area contributed by atoms with Crippen molar-refractivity contribution in [3.63, 3.8) is 0 Å². The highest BCUT2D eigenvalue weighted by molar-refractivity contribution is 5.87. The molecule has 0 aromatic rings. The van der Waals surface area contributed by atoms with Crippen LogP contribution in [0.2, 0.25) is 0 Å². The summed E-state index contributed by atoms with van der Waals surface area (Å²) in [6.07, 6.45) is 1.90. The molecule has 2 atom stereocenters. The van der Waals surface area contributed by atoms with Crippen LogP contribution in [0.4, 0.5) is 0 Å². The molecule has 0 spiro atoms. The molecule has 0 N–H and O–H groups in total. The molecule has 0 saturated heterocycles. The van der Waals surface area contributed by atoms with Crippen LogP contribution >= 0.6 is 0 Å². The summed E-state index contributed by atoms with van der Waals surface area (Å²) >= 11 is 0. The van der Waals surface area contributed by atoms with Crippen molar-refractivity contribution < 1.29 is 14.4 Å². The van der Waals surface area contributed by atoms with Crippen LogP contribution in [0.5, 0.6) is 0 Å². The quantitative estimate of drug-likeness (QED) is 0.755. The molecule has 0 amide bonds. The van der Waals surface area contributed by atoms with Gasteiger partial charge in [-0.3, -0.25) is 14.4 Å². The van der Waals surface area contributed by atoms with Crippen LogP contribution < -0.4 is 0 Å². The first-order valence-corrected chi connectivity index (χ1v) is 6.37. The predicted molar refractivity (Wildman–Crippen MR) is 65.5 cm³/mol. The van der Waals surface area contributed by atoms with E-state index in [1.165, 1.54) is 0 Å². The first kappa shape index (κ1) is 14.1. The monoisotopic (exact) mass is 238 g/mol. The number of carbonyl (C=O) groups excluding carboxylic acids is 3. The molecule has 3 nitrogen and oxygen atoms in total. The van der Waals surface area contributed by atoms with Gasteiger partial charge in [0, 0.05) is 23.7 Å². The Kier molecular flexibility index (Phi) is 4.61. The lowest BCUT2D eigenvalue weighted by Gasteiger charge is -2.32. The van der Waals surface area contributed by atoms with Crippen molar-refractivity contribution in [1.29, 1.82) is 0 Å². The van der Waals surface area contributed by atoms with E-state index in [-0.39, 0.29) is 41.0 Å². The minimum absolute atomic E-state index is 0.0154. The largest absolute Gasteiger partial charge is 0.300 e. The molecular formula is C14H22O3. The van der Waals surface area contributed by atoms with Gasteiger partial charge in [-0.05, 0) is 33.1 Å². The van der Waals surface area contributed by atoms with E-state index in [1.807, 2.05) is 13.8 Å². The van der Waals surface area contributed by atoms with Gasteiger partial charge in [-0.1, -0.05) is 13.8 Å². The molecule has 1 aliphatic carbocycles. The second kappa shape index (κ2) is 5.56. The third kappa shape index (κ3) is 3.48. The van der Waals surface area contributed by atoms with Gasteiger partial charge < -0.3 is 0 Å². The Balaban J connectivity index is 2.82. The van der Waals surface area contributed by atoms with E-state index >= 15 is 0 Å². The van der Waals surface area contributed by atoms with Gasteiger partial charge in [-0.15, -0.1) is 0 Å². The van der Waals surface area contributed by atoms with E-state index in [0.717, 1.165) is 0 Å². The maximum Gasteiger partial charge on any atom is 0.138 e. The lowest BCUT2D eigenvalue weighted by molar-refractivity contribution is -0.132. The molecule has 0 bridgehead atoms. The molecule has 1 fully saturated rings. The van der Waals surface area contributed by atoms with Crippen LogP contribution in [0.1, 0.15) is 47.0 Å². The SMILES string of the molecule is CC(=O)C1CC(C(C)=O)CC(C(=O)C(C)C)C1. The molecule has 17 heavy (non-hydrogen) atoms. The van der Waals surface area contributed by atoms with Gasteiger partial charge in [0.25, 0.3) is 0 Å². The fourth-order valence-electron chi connectivity index (χ4n) is 2.69. The van der Waals surface area contributed by atoms with E-state index < -0.39 is 0 Å². The Labute approximate surface area is 103 Å². The van der Waals surface area contributed by atoms with Gasteiger partial charge in [0.2, 0.25) is 0 Å². The summed E-state index contributed by atoms with van der Waals surface area (Å²) in [5.74, 6) is 0.0813. The van der Waals surface area contributed by atoms with Crippen LogP contribution in [0.25, 0.3) is 0 Å². The molecular weight excluding hydrogens is 216 g/mol. The third-order valence-corrected chi connectivity index (χ3v) is 3.83. The van der Waals surface area contributed by atoms with E-state index in [9.17, 15) is 14.4 Å². The number of ketones is 3. The molecule has 2 unspecified atom stereocenters. The molecule has 0 radical (unpaired) electrons. The molecule has 3 heteroatoms. The Morgan fingerprint density at radius 2 is 1.18 bits per heavy atom. The number of carbonyl (C=O) groups is 3. The number of hydrogen-bond acceptors (Lipinski definition) is 3. The highest BCUT2D eigenvalue weighted by Crippen LogP contribution is 2.36. The van der Waals surface area contributed by atoms with Crippen molar-refractivity contribution in [2.75, 3.05) is 0 Å². The van der Waals surface area contributed by atoms with Gasteiger partial charge in [0.15, 0.2) is 0 Å². The number of hydrogen-bond donors (Lipinski definition) is 0. The van der Waals surface area contributed by atoms with Crippen molar-refractivity contribution >= 4 is 17.3 Å². The molecule has 96 valence electrons. The topological polar surface area (TPSA) is 51.2 Å². The molecule has 1 aliphatic rings. The smallest absolute Gasteiger partial charge is 0.138 e. The highest BCUT2D eigenvalue weighted by atomic mass is 16.1. The maximum atomic E-state index is 12.0. The average molecular weight is 238 g/mol. The minimum atomic E-state index is -0.106. The van der Waals surface area contributed by atoms with Crippen molar-refractivity contribution in [3.8, 4) is 0 Å². The van der Waals surface area contributed by atoms with Crippen LogP contribution in [0.15, 0.2) is 0 Å². The minimum Gasteiger partial charge on any atom is -0.300 e. The lowest BCUT2D eigenvalue weighted by Crippen LogP contribution is -2.35. The van der Waals surface area contributed by atoms with Crippen molar-refractivity contribution in [2.45, 2.75) is 47.0 Å². The van der Waals surface area contributed by atoms with E-state index in [4.69, 9.17) is 0 Å². The Bertz CT molecular complexity index is 308. The van der Waals surface area contributed by atoms with Gasteiger partial charge in [-0.2, -0.15) is 0 Å². The summed E-state index contributed by atoms with van der Waals surface area (Å²) in [6.45, 7) is 6.87. The predicted octanol–water partition coefficient (Wildman–Crippen LogP) is 2.42. The lowest BCUT2D eigenvalue weighted by atomic mass is 9.70. The van der Waals surface area contributed by atoms with Gasteiger partial charge >= 0.3 is 0 Å². The van der Waals surface area contributed by atoms with E-state index in [1.54, 1.807) is 13.8 Å². The summed E-state index contributed by atoms with van der Waals surface area (Å²) in [5, 5.41) is 0. The molecule has 0 aromatic heterocycles. The summed E-state index contributed by atoms with van der Waals surface area (Å²) in [5.41, 5.74) is 0. The fourth-order valence-corrected chi connectivity index (χ4v) is 2.69. The van der Waals surface area contributed by atoms with Crippen molar-refractivity contribution in [1.82, 2.24) is 0 Å². The molecule has 0 heterocycles. The number of Topliss-reactive ketones (excluding diaryl/α,β-unsaturated/α-hetero) is 3. The van der Waals surface area contributed by atoms with Gasteiger partial charge in [0.1, 0.15) is 17.3 Å². The maximum absolute atomic E-state index is 12.0. The normalized spacial score (nSPS) is 29.1. The molecule has 1 rings (SSSR count). The average Bonchev–Trinajstić information content (AvgIpc) is 2.27. The van der Waals surface area contributed by atoms with Crippen LogP contribution in [-0.2, 0) is 14.4 Å². The van der Waals surface area contributed by atoms with Crippen molar-refractivity contribution in [2.24, 2.45) is 23.7 Å². The Hall–Kier alpha value is -0.990. The second-order valence-electron chi connectivity index (χ2n) is 5.58. The summed E-state index contributed by atoms with van der Waals surface area (Å²) in [4.78, 5) is 35.0. The fraction of sp³-hybridized carbons (Fsp3) is 0.786. The number of rotatable bonds is 4. The molecule has 0 aliphatic heterocycles. The first-order chi connectivity index (χ1) is 7.82. The van der Waals surface area contributed by atoms with Crippen LogP contribution in [0.3, 0.4) is 0 Å². The standard InChI is InChI=1S/C14H22O3/c1-8(2)14(17)13-6-11(9(3)15)5-12(7-13)10(4)16/h8,11-13H,5-7H2,1-4H3. The summed E-state index contributed by atoms with van der Waals surface area (Å²) in [6, 6.07) is 0. The molecule has 1 saturated carbocycles. The zero-order valence-electron chi connectivity index (χ0n) is 11.2. The second-order valence-corrected chi connectivity index (χ2v) is 5.58. The van der Waals surface area contributed by atoms with Crippen LogP contribution in [-0.4, -0.2) is 17.3 Å². The first-order valence-electron chi connectivity index (χ1n) is 6.37. The van der Waals surface area contributed by atoms with Gasteiger partial charge in [0.05, 0.1) is 0 Å². The summed E-state index contributed by atoms with van der Waals surface area (Å²) < 4.78 is 0. The Morgan fingerprint density at radius 1 is 0.824 bits per heavy atom. The van der Waals surface area contributed by atoms with E-state index in [0.29, 0.717) is 19.3 Å². The van der Waals surface area contributed by atoms with Crippen LogP contribution in [0, 0.1) is 23.7 Å². The summed E-state index contributed by atoms with van der Waals surface area (Å²) in [7, 11) is 0. The zero-order chi connectivity index (χ0) is 13.2. The zero-order valence-corrected chi connectivity index (χ0v) is 11.2.